The summed E-state index contributed by atoms with van der Waals surface area (Å²) in [6.45, 7) is 0.784. The van der Waals surface area contributed by atoms with Crippen LogP contribution in [0.4, 0.5) is 5.69 Å². The Kier molecular flexibility index (Phi) is 5.37. The number of nitrogens with zero attached hydrogens (tertiary/aromatic N) is 2. The minimum atomic E-state index is -0.330. The summed E-state index contributed by atoms with van der Waals surface area (Å²) in [6.07, 6.45) is 0.365. The van der Waals surface area contributed by atoms with Gasteiger partial charge in [0.15, 0.2) is 23.0 Å². The van der Waals surface area contributed by atoms with Gasteiger partial charge in [0, 0.05) is 23.7 Å². The Balaban J connectivity index is 1.38. The van der Waals surface area contributed by atoms with Crippen LogP contribution in [0.3, 0.4) is 0 Å². The Labute approximate surface area is 206 Å². The molecule has 0 bridgehead atoms. The van der Waals surface area contributed by atoms with Gasteiger partial charge in [-0.1, -0.05) is 30.3 Å². The highest BCUT2D eigenvalue weighted by Gasteiger charge is 2.30. The van der Waals surface area contributed by atoms with E-state index in [9.17, 15) is 9.59 Å². The SMILES string of the molecule is COc1cccc2c1Oc1c(c(=O)n(-c3ccccc3)n1CC(=O)Nc1ccc3c(c1)OCCO3)C2. The molecule has 0 saturated heterocycles. The summed E-state index contributed by atoms with van der Waals surface area (Å²) in [5.74, 6) is 2.30. The maximum Gasteiger partial charge on any atom is 0.278 e. The van der Waals surface area contributed by atoms with E-state index in [0.717, 1.165) is 5.56 Å². The molecule has 0 fully saturated rings. The summed E-state index contributed by atoms with van der Waals surface area (Å²) >= 11 is 0. The Morgan fingerprint density at radius 2 is 1.81 bits per heavy atom. The molecule has 3 heterocycles. The first kappa shape index (κ1) is 21.8. The first-order valence-electron chi connectivity index (χ1n) is 11.6. The highest BCUT2D eigenvalue weighted by atomic mass is 16.6. The monoisotopic (exact) mass is 485 g/mol. The summed E-state index contributed by atoms with van der Waals surface area (Å²) in [5, 5.41) is 2.89. The van der Waals surface area contributed by atoms with Crippen LogP contribution in [0.5, 0.6) is 28.9 Å². The molecule has 4 aromatic rings. The smallest absolute Gasteiger partial charge is 0.278 e. The molecule has 2 aliphatic heterocycles. The van der Waals surface area contributed by atoms with E-state index < -0.39 is 0 Å². The number of ether oxygens (including phenoxy) is 4. The fourth-order valence-corrected chi connectivity index (χ4v) is 4.53. The lowest BCUT2D eigenvalue weighted by molar-refractivity contribution is -0.117. The molecule has 0 aliphatic carbocycles. The maximum atomic E-state index is 13.6. The van der Waals surface area contributed by atoms with Gasteiger partial charge in [0.05, 0.1) is 18.4 Å². The van der Waals surface area contributed by atoms with Crippen molar-refractivity contribution in [2.24, 2.45) is 0 Å². The molecular weight excluding hydrogens is 462 g/mol. The summed E-state index contributed by atoms with van der Waals surface area (Å²) in [6, 6.07) is 20.0. The minimum absolute atomic E-state index is 0.154. The molecule has 1 aromatic heterocycles. The van der Waals surface area contributed by atoms with E-state index in [1.807, 2.05) is 42.5 Å². The van der Waals surface area contributed by atoms with Crippen molar-refractivity contribution in [2.45, 2.75) is 13.0 Å². The Morgan fingerprint density at radius 1 is 1.00 bits per heavy atom. The lowest BCUT2D eigenvalue weighted by Crippen LogP contribution is -2.27. The zero-order chi connectivity index (χ0) is 24.6. The molecule has 0 unspecified atom stereocenters. The number of anilines is 1. The van der Waals surface area contributed by atoms with E-state index in [0.29, 0.717) is 65.5 Å². The molecule has 0 spiro atoms. The van der Waals surface area contributed by atoms with E-state index in [-0.39, 0.29) is 18.0 Å². The van der Waals surface area contributed by atoms with Crippen LogP contribution in [0, 0.1) is 0 Å². The number of aromatic nitrogens is 2. The second-order valence-corrected chi connectivity index (χ2v) is 8.43. The summed E-state index contributed by atoms with van der Waals surface area (Å²) < 4.78 is 25.9. The minimum Gasteiger partial charge on any atom is -0.493 e. The fraction of sp³-hybridized carbons (Fsp3) is 0.185. The second kappa shape index (κ2) is 8.84. The third kappa shape index (κ3) is 3.74. The summed E-state index contributed by atoms with van der Waals surface area (Å²) in [4.78, 5) is 26.8. The molecule has 3 aromatic carbocycles. The van der Waals surface area contributed by atoms with Gasteiger partial charge in [-0.3, -0.25) is 9.59 Å². The van der Waals surface area contributed by atoms with E-state index in [1.54, 1.807) is 36.1 Å². The van der Waals surface area contributed by atoms with Crippen molar-refractivity contribution in [1.82, 2.24) is 9.36 Å². The van der Waals surface area contributed by atoms with Gasteiger partial charge in [-0.05, 0) is 30.3 Å². The molecular formula is C27H23N3O6. The van der Waals surface area contributed by atoms with Crippen molar-refractivity contribution in [2.75, 3.05) is 25.6 Å². The fourth-order valence-electron chi connectivity index (χ4n) is 4.53. The van der Waals surface area contributed by atoms with Crippen molar-refractivity contribution in [3.05, 3.63) is 88.2 Å². The standard InChI is InChI=1S/C27H23N3O6/c1-33-22-9-5-6-17-14-20-26(32)30(19-7-3-2-4-8-19)29(27(20)36-25(17)22)16-24(31)28-18-10-11-21-23(15-18)35-13-12-34-21/h2-11,15H,12-14,16H2,1H3,(H,28,31). The van der Waals surface area contributed by atoms with Crippen LogP contribution in [0.15, 0.2) is 71.5 Å². The molecule has 6 rings (SSSR count). The number of methoxy groups -OCH3 is 1. The number of carbonyl (C=O) groups is 1. The number of hydrogen-bond donors (Lipinski definition) is 1. The number of nitrogens with one attached hydrogen (secondary N) is 1. The Morgan fingerprint density at radius 3 is 2.61 bits per heavy atom. The predicted octanol–water partition coefficient (Wildman–Crippen LogP) is 3.75. The molecule has 36 heavy (non-hydrogen) atoms. The van der Waals surface area contributed by atoms with Gasteiger partial charge in [0.1, 0.15) is 19.8 Å². The maximum absolute atomic E-state index is 13.6. The molecule has 0 saturated carbocycles. The number of hydrogen-bond acceptors (Lipinski definition) is 6. The van der Waals surface area contributed by atoms with Crippen LogP contribution in [-0.4, -0.2) is 35.6 Å². The zero-order valence-electron chi connectivity index (χ0n) is 19.5. The second-order valence-electron chi connectivity index (χ2n) is 8.43. The number of para-hydroxylation sites is 2. The molecule has 0 atom stereocenters. The number of rotatable bonds is 5. The van der Waals surface area contributed by atoms with Crippen molar-refractivity contribution in [1.29, 1.82) is 0 Å². The van der Waals surface area contributed by atoms with Gasteiger partial charge in [0.25, 0.3) is 5.56 Å². The highest BCUT2D eigenvalue weighted by molar-refractivity contribution is 5.91. The van der Waals surface area contributed by atoms with E-state index in [1.165, 1.54) is 4.68 Å². The van der Waals surface area contributed by atoms with Crippen molar-refractivity contribution in [3.8, 4) is 34.6 Å². The largest absolute Gasteiger partial charge is 0.493 e. The quantitative estimate of drug-likeness (QED) is 0.408. The zero-order valence-corrected chi connectivity index (χ0v) is 19.5. The molecule has 9 nitrogen and oxygen atoms in total. The van der Waals surface area contributed by atoms with Gasteiger partial charge >= 0.3 is 0 Å². The van der Waals surface area contributed by atoms with Crippen LogP contribution >= 0.6 is 0 Å². The van der Waals surface area contributed by atoms with E-state index in [2.05, 4.69) is 5.32 Å². The molecule has 182 valence electrons. The lowest BCUT2D eigenvalue weighted by atomic mass is 10.0. The third-order valence-electron chi connectivity index (χ3n) is 6.15. The van der Waals surface area contributed by atoms with Crippen LogP contribution in [0.25, 0.3) is 5.69 Å². The first-order chi connectivity index (χ1) is 17.6. The molecule has 1 amide bonds. The van der Waals surface area contributed by atoms with E-state index in [4.69, 9.17) is 18.9 Å². The third-order valence-corrected chi connectivity index (χ3v) is 6.15. The normalized spacial score (nSPS) is 13.2. The van der Waals surface area contributed by atoms with Gasteiger partial charge < -0.3 is 24.3 Å². The number of carbonyl (C=O) groups excluding carboxylic acids is 1. The highest BCUT2D eigenvalue weighted by Crippen LogP contribution is 2.42. The average molecular weight is 485 g/mol. The van der Waals surface area contributed by atoms with Crippen LogP contribution in [-0.2, 0) is 17.8 Å². The van der Waals surface area contributed by atoms with Crippen molar-refractivity contribution < 1.29 is 23.7 Å². The average Bonchev–Trinajstić information content (AvgIpc) is 3.17. The van der Waals surface area contributed by atoms with Gasteiger partial charge in [0.2, 0.25) is 11.8 Å². The first-order valence-corrected chi connectivity index (χ1v) is 11.6. The molecule has 2 aliphatic rings. The number of fused-ring (bicyclic) bond motifs is 3. The lowest BCUT2D eigenvalue weighted by Gasteiger charge is -2.21. The van der Waals surface area contributed by atoms with Gasteiger partial charge in [-0.2, -0.15) is 0 Å². The Bertz CT molecular complexity index is 1520. The van der Waals surface area contributed by atoms with Crippen LogP contribution < -0.4 is 29.8 Å². The van der Waals surface area contributed by atoms with Crippen LogP contribution in [0.2, 0.25) is 0 Å². The summed E-state index contributed by atoms with van der Waals surface area (Å²) in [5.41, 5.74) is 2.27. The van der Waals surface area contributed by atoms with Gasteiger partial charge in [-0.15, -0.1) is 0 Å². The number of amides is 1. The molecule has 0 radical (unpaired) electrons. The van der Waals surface area contributed by atoms with E-state index >= 15 is 0 Å². The van der Waals surface area contributed by atoms with Crippen molar-refractivity contribution >= 4 is 11.6 Å². The number of benzene rings is 3. The Hall–Kier alpha value is -4.66. The summed E-state index contributed by atoms with van der Waals surface area (Å²) in [7, 11) is 1.57. The molecule has 9 heteroatoms. The topological polar surface area (TPSA) is 93.0 Å². The molecule has 1 N–H and O–H groups in total. The van der Waals surface area contributed by atoms with Crippen molar-refractivity contribution in [3.63, 3.8) is 0 Å². The van der Waals surface area contributed by atoms with Gasteiger partial charge in [-0.25, -0.2) is 9.36 Å². The predicted molar refractivity (Wildman–Crippen MR) is 132 cm³/mol. The van der Waals surface area contributed by atoms with Crippen LogP contribution in [0.1, 0.15) is 11.1 Å².